The first-order valence-electron chi connectivity index (χ1n) is 5.01. The average molecular weight is 227 g/mol. The van der Waals surface area contributed by atoms with Crippen molar-refractivity contribution in [1.29, 1.82) is 0 Å². The van der Waals surface area contributed by atoms with E-state index in [1.54, 1.807) is 41.1 Å². The van der Waals surface area contributed by atoms with Gasteiger partial charge in [-0.2, -0.15) is 0 Å². The molecule has 2 heterocycles. The molecule has 0 aliphatic heterocycles. The second-order valence-corrected chi connectivity index (χ2v) is 3.56. The summed E-state index contributed by atoms with van der Waals surface area (Å²) in [4.78, 5) is 4.06. The number of benzene rings is 1. The first-order valence-corrected chi connectivity index (χ1v) is 5.01. The molecule has 0 atom stereocenters. The van der Waals surface area contributed by atoms with Crippen LogP contribution in [0.5, 0.6) is 5.75 Å². The van der Waals surface area contributed by atoms with Crippen LogP contribution in [0.25, 0.3) is 17.2 Å². The van der Waals surface area contributed by atoms with E-state index in [1.807, 2.05) is 0 Å². The van der Waals surface area contributed by atoms with Gasteiger partial charge in [-0.1, -0.05) is 6.07 Å². The maximum Gasteiger partial charge on any atom is 0.255 e. The monoisotopic (exact) mass is 227 g/mol. The first-order chi connectivity index (χ1) is 8.27. The zero-order valence-corrected chi connectivity index (χ0v) is 8.78. The number of para-hydroxylation sites is 1. The van der Waals surface area contributed by atoms with Gasteiger partial charge in [0.25, 0.3) is 5.78 Å². The second kappa shape index (κ2) is 3.44. The normalized spacial score (nSPS) is 10.8. The van der Waals surface area contributed by atoms with Gasteiger partial charge in [-0.05, 0) is 18.2 Å². The summed E-state index contributed by atoms with van der Waals surface area (Å²) in [6.07, 6.45) is 3.41. The molecule has 1 aromatic carbocycles. The predicted octanol–water partition coefficient (Wildman–Crippen LogP) is 1.08. The Morgan fingerprint density at radius 1 is 1.18 bits per heavy atom. The van der Waals surface area contributed by atoms with E-state index in [0.717, 1.165) is 0 Å². The summed E-state index contributed by atoms with van der Waals surface area (Å²) in [6.45, 7) is 0. The van der Waals surface area contributed by atoms with E-state index >= 15 is 0 Å². The topological polar surface area (TPSA) is 89.3 Å². The van der Waals surface area contributed by atoms with E-state index in [-0.39, 0.29) is 5.75 Å². The lowest BCUT2D eigenvalue weighted by Crippen LogP contribution is -1.93. The van der Waals surface area contributed by atoms with E-state index < -0.39 is 0 Å². The summed E-state index contributed by atoms with van der Waals surface area (Å²) < 4.78 is 1.69. The molecule has 0 radical (unpaired) electrons. The number of phenolic OH excluding ortho intramolecular Hbond substituents is 1. The summed E-state index contributed by atoms with van der Waals surface area (Å²) in [7, 11) is 0. The highest BCUT2D eigenvalue weighted by Crippen LogP contribution is 2.32. The predicted molar refractivity (Wildman–Crippen MR) is 62.3 cm³/mol. The van der Waals surface area contributed by atoms with Crippen LogP contribution in [0, 0.1) is 0 Å². The number of phenols is 1. The fourth-order valence-corrected chi connectivity index (χ4v) is 1.67. The van der Waals surface area contributed by atoms with Crippen LogP contribution in [0.1, 0.15) is 0 Å². The molecule has 0 saturated carbocycles. The number of aromatic nitrogens is 4. The summed E-state index contributed by atoms with van der Waals surface area (Å²) in [5, 5.41) is 17.8. The molecule has 3 aromatic rings. The van der Waals surface area contributed by atoms with E-state index in [0.29, 0.717) is 22.9 Å². The Hall–Kier alpha value is -2.63. The molecular formula is C11H9N5O. The lowest BCUT2D eigenvalue weighted by Gasteiger charge is -2.04. The van der Waals surface area contributed by atoms with Gasteiger partial charge in [-0.3, -0.25) is 4.40 Å². The Morgan fingerprint density at radius 2 is 2.06 bits per heavy atom. The summed E-state index contributed by atoms with van der Waals surface area (Å²) in [5.41, 5.74) is 6.49. The molecule has 0 saturated heterocycles. The molecule has 0 amide bonds. The van der Waals surface area contributed by atoms with Gasteiger partial charge >= 0.3 is 0 Å². The lowest BCUT2D eigenvalue weighted by atomic mass is 10.1. The molecule has 0 aliphatic rings. The van der Waals surface area contributed by atoms with Crippen molar-refractivity contribution in [3.05, 3.63) is 36.7 Å². The summed E-state index contributed by atoms with van der Waals surface area (Å²) in [5.74, 6) is 0.993. The number of nitrogen functional groups attached to an aromatic ring is 1. The average Bonchev–Trinajstić information content (AvgIpc) is 2.77. The number of hydrogen-bond donors (Lipinski definition) is 2. The highest BCUT2D eigenvalue weighted by Gasteiger charge is 2.13. The minimum atomic E-state index is 0.00523. The van der Waals surface area contributed by atoms with E-state index in [1.165, 1.54) is 0 Å². The van der Waals surface area contributed by atoms with E-state index in [2.05, 4.69) is 15.2 Å². The minimum Gasteiger partial charge on any atom is -0.505 e. The van der Waals surface area contributed by atoms with Gasteiger partial charge in [0.1, 0.15) is 5.75 Å². The molecule has 3 N–H and O–H groups in total. The van der Waals surface area contributed by atoms with Crippen molar-refractivity contribution in [2.45, 2.75) is 0 Å². The number of rotatable bonds is 1. The summed E-state index contributed by atoms with van der Waals surface area (Å²) in [6, 6.07) is 6.88. The van der Waals surface area contributed by atoms with Crippen LogP contribution in [0.2, 0.25) is 0 Å². The number of anilines is 1. The smallest absolute Gasteiger partial charge is 0.255 e. The summed E-state index contributed by atoms with van der Waals surface area (Å²) >= 11 is 0. The number of nitrogens with two attached hydrogens (primary N) is 1. The highest BCUT2D eigenvalue weighted by molar-refractivity contribution is 5.73. The Kier molecular flexibility index (Phi) is 1.94. The quantitative estimate of drug-likeness (QED) is 0.479. The van der Waals surface area contributed by atoms with Crippen LogP contribution in [-0.4, -0.2) is 24.7 Å². The van der Waals surface area contributed by atoms with E-state index in [4.69, 9.17) is 5.73 Å². The van der Waals surface area contributed by atoms with Crippen LogP contribution in [-0.2, 0) is 0 Å². The molecule has 6 heteroatoms. The Balaban J connectivity index is 2.31. The molecular weight excluding hydrogens is 218 g/mol. The number of aromatic hydroxyl groups is 1. The van der Waals surface area contributed by atoms with Crippen LogP contribution in [0.4, 0.5) is 5.69 Å². The number of nitrogens with zero attached hydrogens (tertiary/aromatic N) is 4. The molecule has 17 heavy (non-hydrogen) atoms. The SMILES string of the molecule is Nc1cccc(-c2nnc3ncccn23)c1O. The van der Waals surface area contributed by atoms with Crippen molar-refractivity contribution in [2.24, 2.45) is 0 Å². The molecule has 0 bridgehead atoms. The zero-order valence-electron chi connectivity index (χ0n) is 8.78. The van der Waals surface area contributed by atoms with Gasteiger partial charge in [0.05, 0.1) is 11.3 Å². The molecule has 2 aromatic heterocycles. The van der Waals surface area contributed by atoms with E-state index in [9.17, 15) is 5.11 Å². The Labute approximate surface area is 96.4 Å². The fourth-order valence-electron chi connectivity index (χ4n) is 1.67. The molecule has 0 unspecified atom stereocenters. The van der Waals surface area contributed by atoms with Crippen LogP contribution >= 0.6 is 0 Å². The van der Waals surface area contributed by atoms with Crippen LogP contribution in [0.3, 0.4) is 0 Å². The Bertz CT molecular complexity index is 691. The standard InChI is InChI=1S/C11H9N5O/c12-8-4-1-3-7(9(8)17)10-14-15-11-13-5-2-6-16(10)11/h1-6,17H,12H2. The van der Waals surface area contributed by atoms with Crippen molar-refractivity contribution in [3.8, 4) is 17.1 Å². The molecule has 0 fully saturated rings. The van der Waals surface area contributed by atoms with Gasteiger partial charge in [0.15, 0.2) is 5.82 Å². The second-order valence-electron chi connectivity index (χ2n) is 3.56. The Morgan fingerprint density at radius 3 is 2.94 bits per heavy atom. The van der Waals surface area contributed by atoms with Gasteiger partial charge < -0.3 is 10.8 Å². The van der Waals surface area contributed by atoms with Gasteiger partial charge in [0.2, 0.25) is 0 Å². The highest BCUT2D eigenvalue weighted by atomic mass is 16.3. The molecule has 6 nitrogen and oxygen atoms in total. The van der Waals surface area contributed by atoms with Gasteiger partial charge in [-0.15, -0.1) is 10.2 Å². The van der Waals surface area contributed by atoms with Crippen LogP contribution in [0.15, 0.2) is 36.7 Å². The minimum absolute atomic E-state index is 0.00523. The van der Waals surface area contributed by atoms with Crippen molar-refractivity contribution in [2.75, 3.05) is 5.73 Å². The third-order valence-corrected chi connectivity index (χ3v) is 2.50. The third-order valence-electron chi connectivity index (χ3n) is 2.50. The van der Waals surface area contributed by atoms with Gasteiger partial charge in [0, 0.05) is 12.4 Å². The molecule has 3 rings (SSSR count). The molecule has 84 valence electrons. The van der Waals surface area contributed by atoms with Crippen molar-refractivity contribution in [3.63, 3.8) is 0 Å². The van der Waals surface area contributed by atoms with Crippen molar-refractivity contribution < 1.29 is 5.11 Å². The largest absolute Gasteiger partial charge is 0.505 e. The van der Waals surface area contributed by atoms with Crippen molar-refractivity contribution >= 4 is 11.5 Å². The number of fused-ring (bicyclic) bond motifs is 1. The van der Waals surface area contributed by atoms with Gasteiger partial charge in [-0.25, -0.2) is 4.98 Å². The third kappa shape index (κ3) is 1.38. The van der Waals surface area contributed by atoms with Crippen LogP contribution < -0.4 is 5.73 Å². The first kappa shape index (κ1) is 9.59. The molecule has 0 spiro atoms. The maximum atomic E-state index is 9.90. The number of hydrogen-bond acceptors (Lipinski definition) is 5. The van der Waals surface area contributed by atoms with Crippen molar-refractivity contribution in [1.82, 2.24) is 19.6 Å². The zero-order chi connectivity index (χ0) is 11.8. The maximum absolute atomic E-state index is 9.90. The fraction of sp³-hybridized carbons (Fsp3) is 0. The lowest BCUT2D eigenvalue weighted by molar-refractivity contribution is 0.479. The molecule has 0 aliphatic carbocycles.